The Morgan fingerprint density at radius 3 is 0.667 bits per heavy atom. The van der Waals surface area contributed by atoms with Crippen molar-refractivity contribution in [2.45, 2.75) is 132 Å². The van der Waals surface area contributed by atoms with Gasteiger partial charge in [0.1, 0.15) is 0 Å². The van der Waals surface area contributed by atoms with Crippen molar-refractivity contribution in [2.24, 2.45) is 0 Å². The summed E-state index contributed by atoms with van der Waals surface area (Å²) in [6.07, 6.45) is 6.97. The molecule has 0 amide bonds. The van der Waals surface area contributed by atoms with E-state index >= 15 is 0 Å². The molecule has 13 heteroatoms. The van der Waals surface area contributed by atoms with Gasteiger partial charge in [-0.25, -0.2) is 0 Å². The Bertz CT molecular complexity index is 2630. The van der Waals surface area contributed by atoms with E-state index in [9.17, 15) is 39.6 Å². The minimum absolute atomic E-state index is 0. The number of aliphatic carboxylic acids is 4. The largest absolute Gasteiger partial charge is 4.00 e. The number of hydrogen-bond donors (Lipinski definition) is 4. The van der Waals surface area contributed by atoms with Crippen LogP contribution in [0.4, 0.5) is 0 Å². The molecule has 360 valence electrons. The molecule has 0 aliphatic carbocycles. The molecular formula is C56H64N4O8Zr. The molecule has 4 heterocycles. The molecule has 0 bridgehead atoms. The van der Waals surface area contributed by atoms with Crippen LogP contribution in [0.15, 0.2) is 72.8 Å². The van der Waals surface area contributed by atoms with Crippen LogP contribution in [0.3, 0.4) is 0 Å². The molecule has 8 aromatic rings. The molecule has 8 rings (SSSR count). The smallest absolute Gasteiger partial charge is 0.550 e. The van der Waals surface area contributed by atoms with Crippen molar-refractivity contribution in [2.75, 3.05) is 0 Å². The number of aryl methyl sites for hydroxylation is 8. The summed E-state index contributed by atoms with van der Waals surface area (Å²) in [5, 5.41) is 47.7. The summed E-state index contributed by atoms with van der Waals surface area (Å²) >= 11 is 0. The number of aromatic amines is 4. The van der Waals surface area contributed by atoms with Crippen molar-refractivity contribution in [1.29, 1.82) is 0 Å². The molecule has 0 saturated heterocycles. The second-order valence-corrected chi connectivity index (χ2v) is 16.7. The third-order valence-corrected chi connectivity index (χ3v) is 12.6. The molecule has 0 aliphatic heterocycles. The Balaban J connectivity index is 0.000000199. The molecule has 4 N–H and O–H groups in total. The molecule has 0 spiro atoms. The van der Waals surface area contributed by atoms with Gasteiger partial charge in [-0.15, -0.1) is 0 Å². The van der Waals surface area contributed by atoms with Crippen molar-refractivity contribution >= 4 is 67.5 Å². The Morgan fingerprint density at radius 2 is 0.522 bits per heavy atom. The minimum Gasteiger partial charge on any atom is -0.550 e. The molecule has 12 nitrogen and oxygen atoms in total. The van der Waals surface area contributed by atoms with Gasteiger partial charge >= 0.3 is 26.2 Å². The summed E-state index contributed by atoms with van der Waals surface area (Å²) in [5.74, 6) is -4.15. The standard InChI is InChI=1S/4C14H17NO2.Zr/c4*1-3-9-6-5-7-11-14(9)10(4-2)12(15-11)8-13(16)17;/h4*5-7,15H,3-4,8H2,1-2H3,(H,16,17);/q;;;;+4/p-4. The zero-order valence-corrected chi connectivity index (χ0v) is 43.6. The van der Waals surface area contributed by atoms with Crippen LogP contribution < -0.4 is 20.4 Å². The Kier molecular flexibility index (Phi) is 20.8. The average Bonchev–Trinajstić information content (AvgIpc) is 4.07. The fourth-order valence-electron chi connectivity index (χ4n) is 9.72. The normalized spacial score (nSPS) is 10.8. The van der Waals surface area contributed by atoms with E-state index in [1.54, 1.807) is 0 Å². The first-order chi connectivity index (χ1) is 32.7. The Hall–Kier alpha value is -6.20. The molecule has 4 aromatic carbocycles. The van der Waals surface area contributed by atoms with Crippen molar-refractivity contribution in [1.82, 2.24) is 19.9 Å². The SMILES string of the molecule is CCc1cccc2[nH]c(CC(=O)[O-])c(CC)c12.CCc1cccc2[nH]c(CC(=O)[O-])c(CC)c12.CCc1cccc2[nH]c(CC(=O)[O-])c(CC)c12.CCc1cccc2[nH]c(CC(=O)[O-])c(CC)c12.[Zr+4]. The van der Waals surface area contributed by atoms with E-state index in [4.69, 9.17) is 0 Å². The van der Waals surface area contributed by atoms with Gasteiger partial charge in [-0.2, -0.15) is 0 Å². The summed E-state index contributed by atoms with van der Waals surface area (Å²) in [6, 6.07) is 24.4. The number of benzene rings is 4. The first kappa shape index (κ1) is 55.4. The Morgan fingerprint density at radius 1 is 0.333 bits per heavy atom. The molecule has 0 saturated carbocycles. The second-order valence-electron chi connectivity index (χ2n) is 16.7. The monoisotopic (exact) mass is 1010 g/mol. The van der Waals surface area contributed by atoms with Gasteiger partial charge in [-0.3, -0.25) is 0 Å². The average molecular weight is 1010 g/mol. The van der Waals surface area contributed by atoms with Crippen molar-refractivity contribution in [3.05, 3.63) is 140 Å². The van der Waals surface area contributed by atoms with Crippen LogP contribution in [0.1, 0.15) is 123 Å². The van der Waals surface area contributed by atoms with Crippen LogP contribution in [-0.2, 0) is 122 Å². The third kappa shape index (κ3) is 13.1. The number of hydrogen-bond acceptors (Lipinski definition) is 8. The zero-order chi connectivity index (χ0) is 49.7. The van der Waals surface area contributed by atoms with Crippen LogP contribution in [0.25, 0.3) is 43.6 Å². The maximum Gasteiger partial charge on any atom is 4.00 e. The Labute approximate surface area is 423 Å². The third-order valence-electron chi connectivity index (χ3n) is 12.6. The number of carbonyl (C=O) groups is 4. The quantitative estimate of drug-likeness (QED) is 0.0853. The summed E-state index contributed by atoms with van der Waals surface area (Å²) in [5.41, 5.74) is 16.7. The van der Waals surface area contributed by atoms with E-state index in [-0.39, 0.29) is 51.9 Å². The van der Waals surface area contributed by atoms with Crippen molar-refractivity contribution < 1.29 is 65.8 Å². The number of nitrogens with one attached hydrogen (secondary N) is 4. The molecule has 0 unspecified atom stereocenters. The molecular weight excluding hydrogens is 948 g/mol. The second kappa shape index (κ2) is 26.0. The van der Waals surface area contributed by atoms with Gasteiger partial charge in [0.25, 0.3) is 0 Å². The number of rotatable bonds is 16. The van der Waals surface area contributed by atoms with Gasteiger partial charge in [0.2, 0.25) is 0 Å². The fourth-order valence-corrected chi connectivity index (χ4v) is 9.72. The van der Waals surface area contributed by atoms with Crippen LogP contribution in [0.5, 0.6) is 0 Å². The van der Waals surface area contributed by atoms with E-state index in [2.05, 4.69) is 71.9 Å². The number of carboxylic acids is 4. The van der Waals surface area contributed by atoms with Gasteiger partial charge < -0.3 is 59.5 Å². The topological polar surface area (TPSA) is 224 Å². The molecule has 4 aromatic heterocycles. The van der Waals surface area contributed by atoms with Crippen LogP contribution in [-0.4, -0.2) is 43.8 Å². The van der Waals surface area contributed by atoms with E-state index < -0.39 is 23.9 Å². The summed E-state index contributed by atoms with van der Waals surface area (Å²) in [6.45, 7) is 16.6. The molecule has 0 aliphatic rings. The van der Waals surface area contributed by atoms with Crippen molar-refractivity contribution in [3.63, 3.8) is 0 Å². The number of carboxylic acid groups (broad SMARTS) is 4. The molecule has 0 fully saturated rings. The number of H-pyrrole nitrogens is 4. The van der Waals surface area contributed by atoms with Gasteiger partial charge in [0, 0.05) is 116 Å². The first-order valence-corrected chi connectivity index (χ1v) is 23.9. The van der Waals surface area contributed by atoms with E-state index in [0.717, 1.165) is 118 Å². The van der Waals surface area contributed by atoms with Gasteiger partial charge in [0.05, 0.1) is 0 Å². The predicted octanol–water partition coefficient (Wildman–Crippen LogP) is 6.34. The zero-order valence-electron chi connectivity index (χ0n) is 41.2. The molecule has 69 heavy (non-hydrogen) atoms. The number of fused-ring (bicyclic) bond motifs is 4. The number of aromatic nitrogens is 4. The van der Waals surface area contributed by atoms with E-state index in [1.165, 1.54) is 43.8 Å². The summed E-state index contributed by atoms with van der Waals surface area (Å²) < 4.78 is 0. The predicted molar refractivity (Wildman–Crippen MR) is 263 cm³/mol. The maximum absolute atomic E-state index is 10.7. The van der Waals surface area contributed by atoms with Crippen LogP contribution in [0, 0.1) is 0 Å². The fraction of sp³-hybridized carbons (Fsp3) is 0.357. The van der Waals surface area contributed by atoms with Gasteiger partial charge in [-0.05, 0) is 120 Å². The van der Waals surface area contributed by atoms with Crippen molar-refractivity contribution in [3.8, 4) is 0 Å². The minimum atomic E-state index is -1.04. The molecule has 0 radical (unpaired) electrons. The molecule has 0 atom stereocenters. The first-order valence-electron chi connectivity index (χ1n) is 23.9. The summed E-state index contributed by atoms with van der Waals surface area (Å²) in [4.78, 5) is 55.7. The maximum atomic E-state index is 10.7. The summed E-state index contributed by atoms with van der Waals surface area (Å²) in [7, 11) is 0. The number of carbonyl (C=O) groups excluding carboxylic acids is 4. The van der Waals surface area contributed by atoms with Gasteiger partial charge in [0.15, 0.2) is 0 Å². The van der Waals surface area contributed by atoms with E-state index in [0.29, 0.717) is 0 Å². The van der Waals surface area contributed by atoms with Crippen LogP contribution >= 0.6 is 0 Å². The van der Waals surface area contributed by atoms with Gasteiger partial charge in [-0.1, -0.05) is 104 Å². The van der Waals surface area contributed by atoms with E-state index in [1.807, 2.05) is 76.2 Å². The van der Waals surface area contributed by atoms with Crippen LogP contribution in [0.2, 0.25) is 0 Å².